The van der Waals surface area contributed by atoms with Crippen molar-refractivity contribution in [1.29, 1.82) is 0 Å². The number of hydrogen-bond acceptors (Lipinski definition) is 11. The fourth-order valence-electron chi connectivity index (χ4n) is 10.1. The second kappa shape index (κ2) is 19.2. The SMILES string of the molecule is CCn1c(-c2cnccc2COC)c2c3cc(ccc31)-c1cc(O)cc(c1)C[C@H](NC(=O)C(C(C)C)N(C)C(=O)[C@H]1CCN(C(=O)[C@@H]3CO3)C1)C(=O)N1CCC[C@H](N1)C(=O)OCC(C)(C)C2. The first kappa shape index (κ1) is 46.7. The molecule has 0 spiro atoms. The number of aromatic nitrogens is 2. The summed E-state index contributed by atoms with van der Waals surface area (Å²) in [7, 11) is 3.26. The third kappa shape index (κ3) is 9.67. The van der Waals surface area contributed by atoms with Crippen molar-refractivity contribution >= 4 is 40.5 Å². The lowest BCUT2D eigenvalue weighted by Gasteiger charge is -2.37. The van der Waals surface area contributed by atoms with Gasteiger partial charge in [0, 0.05) is 81.0 Å². The van der Waals surface area contributed by atoms with Crippen LogP contribution in [0.4, 0.5) is 0 Å². The number of phenolic OH excluding ortho intramolecular Hbond substituents is 1. The van der Waals surface area contributed by atoms with Gasteiger partial charge in [-0.1, -0.05) is 39.8 Å². The molecule has 4 aromatic rings. The van der Waals surface area contributed by atoms with E-state index in [1.54, 1.807) is 37.4 Å². The standard InChI is InChI=1S/C50H63N7O9/c1-8-56-41-12-11-31-22-36(41)37(44(56)38-24-51-15-13-33(38)26-64-7)23-50(4,5)28-66-49(63)39-10-9-16-57(53-39)47(61)40(20-30-18-34(31)21-35(58)19-30)52-45(59)43(29(2)3)54(6)46(60)32-14-17-55(25-32)48(62)42-27-65-42/h11-13,15,18-19,21-22,24,29,32,39-40,42-43,53,58H,8-10,14,16-17,20,23,25-28H2,1-7H3,(H,52,59)/t32-,39-,40-,42-,43?/m0/s1. The number of amides is 4. The number of hydrazine groups is 1. The van der Waals surface area contributed by atoms with E-state index in [0.717, 1.165) is 44.4 Å². The van der Waals surface area contributed by atoms with Crippen LogP contribution in [-0.2, 0) is 64.2 Å². The number of pyridine rings is 1. The van der Waals surface area contributed by atoms with Gasteiger partial charge in [-0.05, 0) is 96.7 Å². The molecular formula is C50H63N7O9. The number of fused-ring (bicyclic) bond motifs is 6. The van der Waals surface area contributed by atoms with Crippen molar-refractivity contribution < 1.29 is 43.3 Å². The maximum absolute atomic E-state index is 14.7. The van der Waals surface area contributed by atoms with Gasteiger partial charge in [-0.25, -0.2) is 5.43 Å². The van der Waals surface area contributed by atoms with E-state index >= 15 is 0 Å². The number of nitrogens with zero attached hydrogens (tertiary/aromatic N) is 5. The Balaban J connectivity index is 1.17. The molecule has 0 saturated carbocycles. The molecule has 4 aliphatic heterocycles. The van der Waals surface area contributed by atoms with E-state index in [0.29, 0.717) is 57.6 Å². The van der Waals surface area contributed by atoms with E-state index in [1.807, 2.05) is 38.2 Å². The van der Waals surface area contributed by atoms with Crippen molar-refractivity contribution in [2.75, 3.05) is 47.0 Å². The van der Waals surface area contributed by atoms with E-state index in [9.17, 15) is 29.1 Å². The van der Waals surface area contributed by atoms with Gasteiger partial charge in [0.1, 0.15) is 23.9 Å². The lowest BCUT2D eigenvalue weighted by molar-refractivity contribution is -0.155. The van der Waals surface area contributed by atoms with Crippen LogP contribution in [0.3, 0.4) is 0 Å². The van der Waals surface area contributed by atoms with Crippen LogP contribution in [0.5, 0.6) is 5.75 Å². The molecule has 0 radical (unpaired) electrons. The molecule has 3 N–H and O–H groups in total. The Morgan fingerprint density at radius 2 is 1.86 bits per heavy atom. The Hall–Kier alpha value is -5.84. The second-order valence-electron chi connectivity index (χ2n) is 19.4. The van der Waals surface area contributed by atoms with E-state index in [1.165, 1.54) is 9.91 Å². The zero-order valence-electron chi connectivity index (χ0n) is 39.1. The van der Waals surface area contributed by atoms with Crippen molar-refractivity contribution in [3.8, 4) is 28.1 Å². The van der Waals surface area contributed by atoms with Crippen LogP contribution in [-0.4, -0.2) is 130 Å². The van der Waals surface area contributed by atoms with Crippen LogP contribution in [0, 0.1) is 17.3 Å². The van der Waals surface area contributed by atoms with Crippen LogP contribution in [0.2, 0.25) is 0 Å². The molecule has 6 bridgehead atoms. The molecule has 5 atom stereocenters. The smallest absolute Gasteiger partial charge is 0.324 e. The molecule has 16 nitrogen and oxygen atoms in total. The fraction of sp³-hybridized carbons (Fsp3) is 0.520. The number of methoxy groups -OCH3 is 1. The minimum absolute atomic E-state index is 0.00793. The number of likely N-dealkylation sites (N-methyl/N-ethyl adjacent to an activating group) is 1. The summed E-state index contributed by atoms with van der Waals surface area (Å²) in [5, 5.41) is 16.7. The summed E-state index contributed by atoms with van der Waals surface area (Å²) in [6.07, 6.45) is 5.15. The topological polar surface area (TPSA) is 188 Å². The van der Waals surface area contributed by atoms with Gasteiger partial charge in [0.05, 0.1) is 31.4 Å². The maximum atomic E-state index is 14.7. The van der Waals surface area contributed by atoms with Gasteiger partial charge in [-0.3, -0.25) is 34.0 Å². The predicted molar refractivity (Wildman–Crippen MR) is 246 cm³/mol. The minimum atomic E-state index is -1.16. The number of phenols is 1. The molecule has 3 fully saturated rings. The van der Waals surface area contributed by atoms with Crippen molar-refractivity contribution in [2.45, 2.75) is 104 Å². The Kier molecular flexibility index (Phi) is 13.6. The van der Waals surface area contributed by atoms with Gasteiger partial charge in [0.15, 0.2) is 6.10 Å². The molecule has 4 amide bonds. The highest BCUT2D eigenvalue weighted by molar-refractivity contribution is 5.96. The van der Waals surface area contributed by atoms with Gasteiger partial charge in [0.25, 0.3) is 11.8 Å². The molecule has 16 heteroatoms. The van der Waals surface area contributed by atoms with Gasteiger partial charge >= 0.3 is 5.97 Å². The number of cyclic esters (lactones) is 1. The number of ether oxygens (including phenoxy) is 3. The largest absolute Gasteiger partial charge is 0.508 e. The number of nitrogens with one attached hydrogen (secondary N) is 2. The summed E-state index contributed by atoms with van der Waals surface area (Å²) in [6.45, 7) is 12.4. The summed E-state index contributed by atoms with van der Waals surface area (Å²) < 4.78 is 19.2. The van der Waals surface area contributed by atoms with Crippen molar-refractivity contribution in [3.05, 3.63) is 71.5 Å². The highest BCUT2D eigenvalue weighted by Crippen LogP contribution is 2.41. The van der Waals surface area contributed by atoms with Crippen LogP contribution in [0.1, 0.15) is 70.6 Å². The summed E-state index contributed by atoms with van der Waals surface area (Å²) in [4.78, 5) is 77.5. The first-order chi connectivity index (χ1) is 31.6. The first-order valence-corrected chi connectivity index (χ1v) is 23.2. The van der Waals surface area contributed by atoms with Gasteiger partial charge in [-0.2, -0.15) is 0 Å². The summed E-state index contributed by atoms with van der Waals surface area (Å²) in [5.74, 6) is -2.70. The molecule has 352 valence electrons. The number of carbonyl (C=O) groups excluding carboxylic acids is 5. The van der Waals surface area contributed by atoms with Crippen molar-refractivity contribution in [3.63, 3.8) is 0 Å². The van der Waals surface area contributed by atoms with Crippen LogP contribution in [0.25, 0.3) is 33.3 Å². The quantitative estimate of drug-likeness (QED) is 0.149. The Labute approximate surface area is 385 Å². The third-order valence-corrected chi connectivity index (χ3v) is 13.4. The lowest BCUT2D eigenvalue weighted by Crippen LogP contribution is -2.62. The number of aryl methyl sites for hydroxylation is 1. The predicted octanol–water partition coefficient (Wildman–Crippen LogP) is 4.62. The Bertz CT molecular complexity index is 2510. The molecule has 2 aromatic carbocycles. The van der Waals surface area contributed by atoms with E-state index in [4.69, 9.17) is 14.2 Å². The number of hydrogen-bond donors (Lipinski definition) is 3. The van der Waals surface area contributed by atoms with Crippen LogP contribution < -0.4 is 10.7 Å². The molecule has 8 rings (SSSR count). The van der Waals surface area contributed by atoms with E-state index in [-0.39, 0.29) is 49.6 Å². The second-order valence-corrected chi connectivity index (χ2v) is 19.4. The zero-order chi connectivity index (χ0) is 47.0. The highest BCUT2D eigenvalue weighted by atomic mass is 16.6. The molecule has 2 aromatic heterocycles. The normalized spacial score (nSPS) is 22.5. The number of carbonyl (C=O) groups is 5. The molecule has 1 unspecified atom stereocenters. The average molecular weight is 906 g/mol. The number of epoxide rings is 1. The highest BCUT2D eigenvalue weighted by Gasteiger charge is 2.43. The summed E-state index contributed by atoms with van der Waals surface area (Å²) in [5.41, 5.74) is 9.74. The zero-order valence-corrected chi connectivity index (χ0v) is 39.1. The lowest BCUT2D eigenvalue weighted by atomic mass is 9.84. The molecule has 0 aliphatic carbocycles. The average Bonchev–Trinajstić information content (AvgIpc) is 3.95. The van der Waals surface area contributed by atoms with E-state index < -0.39 is 53.3 Å². The number of benzene rings is 2. The number of rotatable bonds is 10. The molecule has 66 heavy (non-hydrogen) atoms. The summed E-state index contributed by atoms with van der Waals surface area (Å²) in [6, 6.07) is 10.5. The first-order valence-electron chi connectivity index (χ1n) is 23.2. The molecule has 3 saturated heterocycles. The molecule has 6 heterocycles. The fourth-order valence-corrected chi connectivity index (χ4v) is 10.1. The van der Waals surface area contributed by atoms with E-state index in [2.05, 4.69) is 53.2 Å². The molecule has 4 aliphatic rings. The van der Waals surface area contributed by atoms with Gasteiger partial charge in [0.2, 0.25) is 11.8 Å². The number of aromatic hydroxyl groups is 1. The van der Waals surface area contributed by atoms with Crippen molar-refractivity contribution in [1.82, 2.24) is 35.1 Å². The van der Waals surface area contributed by atoms with Gasteiger partial charge in [-0.15, -0.1) is 0 Å². The monoisotopic (exact) mass is 905 g/mol. The Morgan fingerprint density at radius 1 is 1.08 bits per heavy atom. The van der Waals surface area contributed by atoms with Crippen LogP contribution >= 0.6 is 0 Å². The summed E-state index contributed by atoms with van der Waals surface area (Å²) >= 11 is 0. The maximum Gasteiger partial charge on any atom is 0.324 e. The van der Waals surface area contributed by atoms with Gasteiger partial charge < -0.3 is 39.0 Å². The minimum Gasteiger partial charge on any atom is -0.508 e. The number of esters is 1. The van der Waals surface area contributed by atoms with Crippen molar-refractivity contribution in [2.24, 2.45) is 17.3 Å². The third-order valence-electron chi connectivity index (χ3n) is 13.4. The van der Waals surface area contributed by atoms with Crippen LogP contribution in [0.15, 0.2) is 54.9 Å². The number of likely N-dealkylation sites (tertiary alicyclic amines) is 1. The molecular weight excluding hydrogens is 843 g/mol. The Morgan fingerprint density at radius 3 is 2.59 bits per heavy atom.